The Morgan fingerprint density at radius 1 is 1.22 bits per heavy atom. The van der Waals surface area contributed by atoms with Crippen LogP contribution in [-0.4, -0.2) is 0 Å². The Morgan fingerprint density at radius 2 is 1.94 bits per heavy atom. The second-order valence-electron chi connectivity index (χ2n) is 4.39. The molecule has 18 heavy (non-hydrogen) atoms. The van der Waals surface area contributed by atoms with Gasteiger partial charge in [-0.2, -0.15) is 0 Å². The topological polar surface area (TPSA) is 26.0 Å². The molecule has 1 unspecified atom stereocenters. The second-order valence-corrected chi connectivity index (χ2v) is 5.25. The molecule has 0 radical (unpaired) electrons. The Bertz CT molecular complexity index is 554. The van der Waals surface area contributed by atoms with Crippen LogP contribution in [0.5, 0.6) is 0 Å². The highest BCUT2D eigenvalue weighted by Crippen LogP contribution is 2.25. The van der Waals surface area contributed by atoms with E-state index in [1.807, 2.05) is 31.2 Å². The number of hydrogen-bond donors (Lipinski definition) is 1. The maximum Gasteiger partial charge on any atom is 0.123 e. The van der Waals surface area contributed by atoms with E-state index in [9.17, 15) is 4.39 Å². The molecular formula is C15H15BrFN. The van der Waals surface area contributed by atoms with E-state index in [0.29, 0.717) is 6.42 Å². The Morgan fingerprint density at radius 3 is 2.67 bits per heavy atom. The van der Waals surface area contributed by atoms with Crippen molar-refractivity contribution in [2.75, 3.05) is 0 Å². The van der Waals surface area contributed by atoms with Crippen molar-refractivity contribution in [1.29, 1.82) is 0 Å². The minimum absolute atomic E-state index is 0.121. The van der Waals surface area contributed by atoms with Crippen LogP contribution >= 0.6 is 15.9 Å². The molecule has 0 saturated heterocycles. The van der Waals surface area contributed by atoms with Crippen LogP contribution in [0.25, 0.3) is 0 Å². The molecule has 2 aromatic carbocycles. The maximum atomic E-state index is 13.1. The summed E-state index contributed by atoms with van der Waals surface area (Å²) < 4.78 is 14.2. The summed E-state index contributed by atoms with van der Waals surface area (Å²) in [7, 11) is 0. The van der Waals surface area contributed by atoms with Crippen LogP contribution in [0.1, 0.15) is 22.7 Å². The lowest BCUT2D eigenvalue weighted by molar-refractivity contribution is 0.622. The average molecular weight is 308 g/mol. The molecule has 0 aliphatic rings. The Labute approximate surface area is 115 Å². The van der Waals surface area contributed by atoms with Crippen molar-refractivity contribution in [1.82, 2.24) is 0 Å². The van der Waals surface area contributed by atoms with Gasteiger partial charge in [-0.15, -0.1) is 0 Å². The van der Waals surface area contributed by atoms with Gasteiger partial charge in [-0.05, 0) is 48.2 Å². The molecule has 0 saturated carbocycles. The molecule has 0 fully saturated rings. The highest BCUT2D eigenvalue weighted by molar-refractivity contribution is 9.10. The fraction of sp³-hybridized carbons (Fsp3) is 0.200. The van der Waals surface area contributed by atoms with E-state index in [2.05, 4.69) is 15.9 Å². The van der Waals surface area contributed by atoms with Crippen molar-refractivity contribution in [2.24, 2.45) is 5.73 Å². The molecule has 1 atom stereocenters. The number of halogens is 2. The minimum Gasteiger partial charge on any atom is -0.324 e. The number of nitrogens with two attached hydrogens (primary N) is 1. The third-order valence-corrected chi connectivity index (χ3v) is 3.91. The monoisotopic (exact) mass is 307 g/mol. The van der Waals surface area contributed by atoms with Gasteiger partial charge in [0.2, 0.25) is 0 Å². The molecule has 1 nitrogen and oxygen atoms in total. The van der Waals surface area contributed by atoms with Crippen LogP contribution in [0.15, 0.2) is 46.9 Å². The summed E-state index contributed by atoms with van der Waals surface area (Å²) in [6, 6.07) is 12.5. The normalized spacial score (nSPS) is 12.4. The van der Waals surface area contributed by atoms with Crippen molar-refractivity contribution in [2.45, 2.75) is 19.4 Å². The molecule has 94 valence electrons. The van der Waals surface area contributed by atoms with Gasteiger partial charge in [0.05, 0.1) is 0 Å². The molecule has 0 aromatic heterocycles. The van der Waals surface area contributed by atoms with Gasteiger partial charge in [-0.3, -0.25) is 0 Å². The zero-order chi connectivity index (χ0) is 13.1. The highest BCUT2D eigenvalue weighted by atomic mass is 79.9. The summed E-state index contributed by atoms with van der Waals surface area (Å²) in [5, 5.41) is 0. The van der Waals surface area contributed by atoms with Crippen LogP contribution in [0, 0.1) is 12.7 Å². The maximum absolute atomic E-state index is 13.1. The Balaban J connectivity index is 2.22. The SMILES string of the molecule is Cc1c(Br)cccc1C(N)Cc1cccc(F)c1. The predicted octanol–water partition coefficient (Wildman–Crippen LogP) is 4.14. The lowest BCUT2D eigenvalue weighted by Gasteiger charge is -2.16. The molecule has 0 heterocycles. The lowest BCUT2D eigenvalue weighted by Crippen LogP contribution is -2.14. The Hall–Kier alpha value is -1.19. The van der Waals surface area contributed by atoms with Crippen LogP contribution in [-0.2, 0) is 6.42 Å². The van der Waals surface area contributed by atoms with Crippen LogP contribution in [0.3, 0.4) is 0 Å². The van der Waals surface area contributed by atoms with Crippen LogP contribution in [0.2, 0.25) is 0 Å². The molecule has 2 N–H and O–H groups in total. The van der Waals surface area contributed by atoms with Gasteiger partial charge < -0.3 is 5.73 Å². The smallest absolute Gasteiger partial charge is 0.123 e. The molecule has 0 amide bonds. The van der Waals surface area contributed by atoms with Crippen molar-refractivity contribution in [3.05, 3.63) is 69.4 Å². The second kappa shape index (κ2) is 5.63. The van der Waals surface area contributed by atoms with E-state index in [1.165, 1.54) is 12.1 Å². The van der Waals surface area contributed by atoms with Crippen molar-refractivity contribution >= 4 is 15.9 Å². The molecule has 0 aliphatic carbocycles. The highest BCUT2D eigenvalue weighted by Gasteiger charge is 2.11. The third kappa shape index (κ3) is 2.98. The van der Waals surface area contributed by atoms with E-state index in [-0.39, 0.29) is 11.9 Å². The lowest BCUT2D eigenvalue weighted by atomic mass is 9.96. The summed E-state index contributed by atoms with van der Waals surface area (Å²) in [5.41, 5.74) is 9.35. The quantitative estimate of drug-likeness (QED) is 0.906. The fourth-order valence-electron chi connectivity index (χ4n) is 2.05. The van der Waals surface area contributed by atoms with Gasteiger partial charge in [0.15, 0.2) is 0 Å². The summed E-state index contributed by atoms with van der Waals surface area (Å²) in [6.07, 6.45) is 0.634. The number of benzene rings is 2. The van der Waals surface area contributed by atoms with Crippen molar-refractivity contribution in [3.8, 4) is 0 Å². The predicted molar refractivity (Wildman–Crippen MR) is 75.9 cm³/mol. The van der Waals surface area contributed by atoms with Gasteiger partial charge in [-0.1, -0.05) is 40.2 Å². The molecular weight excluding hydrogens is 293 g/mol. The van der Waals surface area contributed by atoms with Gasteiger partial charge in [-0.25, -0.2) is 4.39 Å². The van der Waals surface area contributed by atoms with E-state index in [1.54, 1.807) is 6.07 Å². The standard InChI is InChI=1S/C15H15BrFN/c1-10-13(6-3-7-14(10)16)15(18)9-11-4-2-5-12(17)8-11/h2-8,15H,9,18H2,1H3. The fourth-order valence-corrected chi connectivity index (χ4v) is 2.44. The molecule has 0 spiro atoms. The van der Waals surface area contributed by atoms with Crippen molar-refractivity contribution < 1.29 is 4.39 Å². The molecule has 0 bridgehead atoms. The minimum atomic E-state index is -0.217. The first-order chi connectivity index (χ1) is 8.58. The largest absolute Gasteiger partial charge is 0.324 e. The third-order valence-electron chi connectivity index (χ3n) is 3.05. The van der Waals surface area contributed by atoms with E-state index in [0.717, 1.165) is 21.2 Å². The molecule has 2 rings (SSSR count). The van der Waals surface area contributed by atoms with Gasteiger partial charge in [0, 0.05) is 10.5 Å². The zero-order valence-corrected chi connectivity index (χ0v) is 11.7. The average Bonchev–Trinajstić information content (AvgIpc) is 2.32. The van der Waals surface area contributed by atoms with Gasteiger partial charge >= 0.3 is 0 Å². The molecule has 2 aromatic rings. The van der Waals surface area contributed by atoms with E-state index >= 15 is 0 Å². The van der Waals surface area contributed by atoms with Crippen LogP contribution in [0.4, 0.5) is 4.39 Å². The number of rotatable bonds is 3. The Kier molecular flexibility index (Phi) is 4.15. The van der Waals surface area contributed by atoms with E-state index in [4.69, 9.17) is 5.73 Å². The summed E-state index contributed by atoms with van der Waals surface area (Å²) >= 11 is 3.50. The summed E-state index contributed by atoms with van der Waals surface area (Å²) in [6.45, 7) is 2.03. The first-order valence-corrected chi connectivity index (χ1v) is 6.62. The van der Waals surface area contributed by atoms with Crippen LogP contribution < -0.4 is 5.73 Å². The number of hydrogen-bond acceptors (Lipinski definition) is 1. The van der Waals surface area contributed by atoms with E-state index < -0.39 is 0 Å². The van der Waals surface area contributed by atoms with Crippen molar-refractivity contribution in [3.63, 3.8) is 0 Å². The first kappa shape index (κ1) is 13.2. The van der Waals surface area contributed by atoms with Gasteiger partial charge in [0.1, 0.15) is 5.82 Å². The first-order valence-electron chi connectivity index (χ1n) is 5.83. The summed E-state index contributed by atoms with van der Waals surface area (Å²) in [4.78, 5) is 0. The molecule has 0 aliphatic heterocycles. The van der Waals surface area contributed by atoms with Gasteiger partial charge in [0.25, 0.3) is 0 Å². The molecule has 3 heteroatoms. The zero-order valence-electron chi connectivity index (χ0n) is 10.2. The summed E-state index contributed by atoms with van der Waals surface area (Å²) in [5.74, 6) is -0.217.